The fraction of sp³-hybridized carbons (Fsp3) is 0.625. The van der Waals surface area contributed by atoms with E-state index in [-0.39, 0.29) is 18.0 Å². The van der Waals surface area contributed by atoms with Crippen LogP contribution < -0.4 is 0 Å². The molecule has 2 heteroatoms. The molecule has 1 heterocycles. The standard InChI is InChI=1S/C8H10O2/c1-2-5-3-6-4-7(5)8(9)10-6/h2,5-7H,1,3-4H2. The molecule has 1 aliphatic heterocycles. The molecule has 0 aromatic rings. The second kappa shape index (κ2) is 1.84. The Morgan fingerprint density at radius 2 is 2.40 bits per heavy atom. The molecule has 2 nitrogen and oxygen atoms in total. The molecule has 0 aromatic carbocycles. The first kappa shape index (κ1) is 5.96. The molecule has 10 heavy (non-hydrogen) atoms. The van der Waals surface area contributed by atoms with Crippen molar-refractivity contribution in [2.45, 2.75) is 18.9 Å². The van der Waals surface area contributed by atoms with E-state index in [4.69, 9.17) is 4.74 Å². The van der Waals surface area contributed by atoms with Crippen LogP contribution in [0.25, 0.3) is 0 Å². The van der Waals surface area contributed by atoms with Gasteiger partial charge in [-0.2, -0.15) is 0 Å². The maximum absolute atomic E-state index is 10.9. The first-order valence-corrected chi connectivity index (χ1v) is 3.64. The molecule has 54 valence electrons. The highest BCUT2D eigenvalue weighted by Crippen LogP contribution is 2.41. The number of carbonyl (C=O) groups excluding carboxylic acids is 1. The summed E-state index contributed by atoms with van der Waals surface area (Å²) < 4.78 is 5.01. The van der Waals surface area contributed by atoms with E-state index in [0.717, 1.165) is 12.8 Å². The number of hydrogen-bond donors (Lipinski definition) is 0. The van der Waals surface area contributed by atoms with Crippen LogP contribution in [0.5, 0.6) is 0 Å². The van der Waals surface area contributed by atoms with Gasteiger partial charge in [0, 0.05) is 0 Å². The van der Waals surface area contributed by atoms with E-state index in [1.54, 1.807) is 0 Å². The summed E-state index contributed by atoms with van der Waals surface area (Å²) in [5.74, 6) is 0.523. The maximum atomic E-state index is 10.9. The van der Waals surface area contributed by atoms with Crippen molar-refractivity contribution in [3.05, 3.63) is 12.7 Å². The number of carbonyl (C=O) groups is 1. The van der Waals surface area contributed by atoms with Gasteiger partial charge in [-0.05, 0) is 18.8 Å². The normalized spacial score (nSPS) is 43.6. The van der Waals surface area contributed by atoms with Crippen LogP contribution in [0.2, 0.25) is 0 Å². The van der Waals surface area contributed by atoms with Gasteiger partial charge < -0.3 is 4.74 Å². The highest BCUT2D eigenvalue weighted by Gasteiger charge is 2.46. The molecule has 1 saturated heterocycles. The number of hydrogen-bond acceptors (Lipinski definition) is 2. The summed E-state index contributed by atoms with van der Waals surface area (Å²) in [6.45, 7) is 3.69. The summed E-state index contributed by atoms with van der Waals surface area (Å²) in [7, 11) is 0. The summed E-state index contributed by atoms with van der Waals surface area (Å²) in [6.07, 6.45) is 4.01. The summed E-state index contributed by atoms with van der Waals surface area (Å²) in [5.41, 5.74) is 0. The van der Waals surface area contributed by atoms with E-state index in [0.29, 0.717) is 5.92 Å². The van der Waals surface area contributed by atoms with Crippen molar-refractivity contribution in [1.29, 1.82) is 0 Å². The number of rotatable bonds is 1. The van der Waals surface area contributed by atoms with Crippen molar-refractivity contribution in [3.63, 3.8) is 0 Å². The Morgan fingerprint density at radius 1 is 1.60 bits per heavy atom. The minimum Gasteiger partial charge on any atom is -0.462 e. The van der Waals surface area contributed by atoms with Crippen molar-refractivity contribution in [2.24, 2.45) is 11.8 Å². The lowest BCUT2D eigenvalue weighted by atomic mass is 9.96. The minimum absolute atomic E-state index is 0.0128. The van der Waals surface area contributed by atoms with Crippen molar-refractivity contribution in [2.75, 3.05) is 0 Å². The zero-order chi connectivity index (χ0) is 7.14. The summed E-state index contributed by atoms with van der Waals surface area (Å²) >= 11 is 0. The van der Waals surface area contributed by atoms with Crippen molar-refractivity contribution in [3.8, 4) is 0 Å². The lowest BCUT2D eigenvalue weighted by Crippen LogP contribution is -2.21. The SMILES string of the molecule is C=CC1CC2CC1C(=O)O2. The van der Waals surface area contributed by atoms with Crippen LogP contribution >= 0.6 is 0 Å². The second-order valence-electron chi connectivity index (χ2n) is 3.04. The zero-order valence-corrected chi connectivity index (χ0v) is 5.75. The molecule has 2 aliphatic rings. The van der Waals surface area contributed by atoms with E-state index in [9.17, 15) is 4.79 Å². The fourth-order valence-electron chi connectivity index (χ4n) is 1.90. The van der Waals surface area contributed by atoms with Gasteiger partial charge in [0.1, 0.15) is 6.10 Å². The zero-order valence-electron chi connectivity index (χ0n) is 5.75. The Hall–Kier alpha value is -0.790. The highest BCUT2D eigenvalue weighted by molar-refractivity contribution is 5.76. The van der Waals surface area contributed by atoms with E-state index < -0.39 is 0 Å². The number of fused-ring (bicyclic) bond motifs is 2. The molecule has 0 spiro atoms. The molecule has 2 bridgehead atoms. The monoisotopic (exact) mass is 138 g/mol. The number of allylic oxidation sites excluding steroid dienone is 1. The molecule has 0 radical (unpaired) electrons. The fourth-order valence-corrected chi connectivity index (χ4v) is 1.90. The van der Waals surface area contributed by atoms with Gasteiger partial charge in [-0.3, -0.25) is 4.79 Å². The van der Waals surface area contributed by atoms with Crippen molar-refractivity contribution in [1.82, 2.24) is 0 Å². The molecule has 3 unspecified atom stereocenters. The third-order valence-corrected chi connectivity index (χ3v) is 2.46. The third kappa shape index (κ3) is 0.618. The maximum Gasteiger partial charge on any atom is 0.309 e. The second-order valence-corrected chi connectivity index (χ2v) is 3.04. The largest absolute Gasteiger partial charge is 0.462 e. The molecule has 1 saturated carbocycles. The van der Waals surface area contributed by atoms with Gasteiger partial charge in [0.05, 0.1) is 5.92 Å². The van der Waals surface area contributed by atoms with Crippen LogP contribution in [-0.2, 0) is 9.53 Å². The summed E-state index contributed by atoms with van der Waals surface area (Å²) in [6, 6.07) is 0. The first-order valence-electron chi connectivity index (χ1n) is 3.64. The summed E-state index contributed by atoms with van der Waals surface area (Å²) in [5, 5.41) is 0. The Bertz CT molecular complexity index is 184. The predicted octanol–water partition coefficient (Wildman–Crippen LogP) is 1.12. The lowest BCUT2D eigenvalue weighted by Gasteiger charge is -2.16. The first-order chi connectivity index (χ1) is 4.81. The number of ether oxygens (including phenoxy) is 1. The van der Waals surface area contributed by atoms with Gasteiger partial charge in [0.2, 0.25) is 0 Å². The van der Waals surface area contributed by atoms with Gasteiger partial charge in [-0.25, -0.2) is 0 Å². The summed E-state index contributed by atoms with van der Waals surface area (Å²) in [4.78, 5) is 10.9. The topological polar surface area (TPSA) is 26.3 Å². The Labute approximate surface area is 59.9 Å². The van der Waals surface area contributed by atoms with Gasteiger partial charge in [-0.1, -0.05) is 6.08 Å². The average Bonchev–Trinajstić information content (AvgIpc) is 2.44. The van der Waals surface area contributed by atoms with Crippen LogP contribution in [0.4, 0.5) is 0 Å². The Kier molecular flexibility index (Phi) is 1.10. The van der Waals surface area contributed by atoms with Gasteiger partial charge >= 0.3 is 5.97 Å². The van der Waals surface area contributed by atoms with Crippen LogP contribution in [0.3, 0.4) is 0 Å². The third-order valence-electron chi connectivity index (χ3n) is 2.46. The lowest BCUT2D eigenvalue weighted by molar-refractivity contribution is -0.149. The van der Waals surface area contributed by atoms with Gasteiger partial charge in [-0.15, -0.1) is 6.58 Å². The molecular formula is C8H10O2. The highest BCUT2D eigenvalue weighted by atomic mass is 16.6. The quantitative estimate of drug-likeness (QED) is 0.401. The van der Waals surface area contributed by atoms with Gasteiger partial charge in [0.15, 0.2) is 0 Å². The molecule has 3 atom stereocenters. The number of esters is 1. The van der Waals surface area contributed by atoms with Crippen LogP contribution in [0, 0.1) is 11.8 Å². The molecule has 0 N–H and O–H groups in total. The molecule has 0 amide bonds. The predicted molar refractivity (Wildman–Crippen MR) is 36.3 cm³/mol. The van der Waals surface area contributed by atoms with E-state index in [1.165, 1.54) is 0 Å². The van der Waals surface area contributed by atoms with Crippen LogP contribution in [-0.4, -0.2) is 12.1 Å². The average molecular weight is 138 g/mol. The van der Waals surface area contributed by atoms with Crippen molar-refractivity contribution >= 4 is 5.97 Å². The van der Waals surface area contributed by atoms with Crippen molar-refractivity contribution < 1.29 is 9.53 Å². The Balaban J connectivity index is 2.19. The molecule has 1 aliphatic carbocycles. The van der Waals surface area contributed by atoms with Gasteiger partial charge in [0.25, 0.3) is 0 Å². The van der Waals surface area contributed by atoms with Crippen LogP contribution in [0.1, 0.15) is 12.8 Å². The van der Waals surface area contributed by atoms with Crippen LogP contribution in [0.15, 0.2) is 12.7 Å². The smallest absolute Gasteiger partial charge is 0.309 e. The van der Waals surface area contributed by atoms with E-state index >= 15 is 0 Å². The molecular weight excluding hydrogens is 128 g/mol. The molecule has 2 rings (SSSR count). The van der Waals surface area contributed by atoms with E-state index in [2.05, 4.69) is 6.58 Å². The minimum atomic E-state index is -0.0128. The Morgan fingerprint density at radius 3 is 2.80 bits per heavy atom. The van der Waals surface area contributed by atoms with E-state index in [1.807, 2.05) is 6.08 Å². The molecule has 2 fully saturated rings. The molecule has 0 aromatic heterocycles.